The maximum absolute atomic E-state index is 12.3. The molecule has 0 radical (unpaired) electrons. The molecule has 0 saturated carbocycles. The van der Waals surface area contributed by atoms with Crippen LogP contribution in [0.2, 0.25) is 0 Å². The Morgan fingerprint density at radius 2 is 1.75 bits per heavy atom. The predicted molar refractivity (Wildman–Crippen MR) is 99.3 cm³/mol. The van der Waals surface area contributed by atoms with Crippen LogP contribution in [0, 0.1) is 0 Å². The quantitative estimate of drug-likeness (QED) is 0.632. The summed E-state index contributed by atoms with van der Waals surface area (Å²) in [5.41, 5.74) is 7.15. The standard InChI is InChI=1S/C18H29N5O/c1-3-21(4-2)18(19)20-11-10-17(24)23-14-12-22(13-15-23)16-8-6-5-7-9-16/h5-9H,3-4,10-15H2,1-2H3,(H2,19,20). The Morgan fingerprint density at radius 3 is 2.33 bits per heavy atom. The van der Waals surface area contributed by atoms with Gasteiger partial charge in [-0.2, -0.15) is 0 Å². The van der Waals surface area contributed by atoms with Crippen molar-refractivity contribution in [1.29, 1.82) is 0 Å². The normalized spacial score (nSPS) is 15.5. The molecular weight excluding hydrogens is 302 g/mol. The number of carbonyl (C=O) groups is 1. The number of guanidine groups is 1. The minimum absolute atomic E-state index is 0.166. The van der Waals surface area contributed by atoms with Crippen LogP contribution in [0.3, 0.4) is 0 Å². The lowest BCUT2D eigenvalue weighted by molar-refractivity contribution is -0.131. The third-order valence-corrected chi connectivity index (χ3v) is 4.44. The van der Waals surface area contributed by atoms with Crippen LogP contribution in [-0.4, -0.2) is 67.5 Å². The maximum atomic E-state index is 12.3. The van der Waals surface area contributed by atoms with Crippen molar-refractivity contribution in [1.82, 2.24) is 9.80 Å². The van der Waals surface area contributed by atoms with Gasteiger partial charge < -0.3 is 20.4 Å². The highest BCUT2D eigenvalue weighted by Crippen LogP contribution is 2.15. The fourth-order valence-corrected chi connectivity index (χ4v) is 2.92. The number of hydrogen-bond acceptors (Lipinski definition) is 3. The van der Waals surface area contributed by atoms with Crippen LogP contribution < -0.4 is 10.6 Å². The second-order valence-corrected chi connectivity index (χ2v) is 5.87. The summed E-state index contributed by atoms with van der Waals surface area (Å²) in [5.74, 6) is 0.695. The first-order chi connectivity index (χ1) is 11.7. The van der Waals surface area contributed by atoms with Gasteiger partial charge in [-0.25, -0.2) is 0 Å². The number of aliphatic imine (C=N–C) groups is 1. The van der Waals surface area contributed by atoms with Crippen molar-refractivity contribution in [2.24, 2.45) is 10.7 Å². The van der Waals surface area contributed by atoms with Gasteiger partial charge in [-0.05, 0) is 26.0 Å². The molecule has 1 aromatic rings. The van der Waals surface area contributed by atoms with Crippen molar-refractivity contribution in [3.8, 4) is 0 Å². The van der Waals surface area contributed by atoms with Crippen LogP contribution in [0.1, 0.15) is 20.3 Å². The minimum Gasteiger partial charge on any atom is -0.370 e. The maximum Gasteiger partial charge on any atom is 0.224 e. The van der Waals surface area contributed by atoms with Gasteiger partial charge in [0, 0.05) is 51.4 Å². The molecule has 0 unspecified atom stereocenters. The summed E-state index contributed by atoms with van der Waals surface area (Å²) in [5, 5.41) is 0. The largest absolute Gasteiger partial charge is 0.370 e. The third kappa shape index (κ3) is 4.88. The predicted octanol–water partition coefficient (Wildman–Crippen LogP) is 1.38. The summed E-state index contributed by atoms with van der Waals surface area (Å²) in [7, 11) is 0. The third-order valence-electron chi connectivity index (χ3n) is 4.44. The van der Waals surface area contributed by atoms with Crippen molar-refractivity contribution in [3.05, 3.63) is 30.3 Å². The minimum atomic E-state index is 0.166. The van der Waals surface area contributed by atoms with E-state index < -0.39 is 0 Å². The molecule has 2 rings (SSSR count). The highest BCUT2D eigenvalue weighted by molar-refractivity contribution is 5.79. The average Bonchev–Trinajstić information content (AvgIpc) is 2.63. The molecule has 24 heavy (non-hydrogen) atoms. The molecule has 1 saturated heterocycles. The van der Waals surface area contributed by atoms with Gasteiger partial charge in [0.15, 0.2) is 5.96 Å². The van der Waals surface area contributed by atoms with Gasteiger partial charge in [-0.3, -0.25) is 9.79 Å². The van der Waals surface area contributed by atoms with E-state index in [-0.39, 0.29) is 5.91 Å². The van der Waals surface area contributed by atoms with Crippen LogP contribution in [0.4, 0.5) is 5.69 Å². The molecule has 1 heterocycles. The Balaban J connectivity index is 1.76. The summed E-state index contributed by atoms with van der Waals surface area (Å²) < 4.78 is 0. The highest BCUT2D eigenvalue weighted by Gasteiger charge is 2.20. The molecular formula is C18H29N5O. The van der Waals surface area contributed by atoms with Gasteiger partial charge in [0.25, 0.3) is 0 Å². The Labute approximate surface area is 144 Å². The molecule has 132 valence electrons. The monoisotopic (exact) mass is 331 g/mol. The van der Waals surface area contributed by atoms with E-state index in [1.165, 1.54) is 5.69 Å². The zero-order chi connectivity index (χ0) is 17.4. The van der Waals surface area contributed by atoms with E-state index >= 15 is 0 Å². The Morgan fingerprint density at radius 1 is 1.12 bits per heavy atom. The second kappa shape index (κ2) is 9.15. The first-order valence-electron chi connectivity index (χ1n) is 8.78. The smallest absolute Gasteiger partial charge is 0.224 e. The molecule has 1 aliphatic heterocycles. The molecule has 6 heteroatoms. The summed E-state index contributed by atoms with van der Waals surface area (Å²) in [6.07, 6.45) is 0.424. The van der Waals surface area contributed by atoms with E-state index in [2.05, 4.69) is 22.0 Å². The number of hydrogen-bond donors (Lipinski definition) is 1. The second-order valence-electron chi connectivity index (χ2n) is 5.87. The van der Waals surface area contributed by atoms with Gasteiger partial charge in [-0.15, -0.1) is 0 Å². The van der Waals surface area contributed by atoms with Crippen molar-refractivity contribution >= 4 is 17.6 Å². The number of nitrogens with two attached hydrogens (primary N) is 1. The fraction of sp³-hybridized carbons (Fsp3) is 0.556. The molecule has 6 nitrogen and oxygen atoms in total. The first kappa shape index (κ1) is 18.1. The molecule has 1 fully saturated rings. The van der Waals surface area contributed by atoms with E-state index in [1.807, 2.05) is 41.8 Å². The average molecular weight is 331 g/mol. The van der Waals surface area contributed by atoms with E-state index in [0.29, 0.717) is 18.9 Å². The van der Waals surface area contributed by atoms with Gasteiger partial charge in [0.1, 0.15) is 0 Å². The Hall–Kier alpha value is -2.24. The number of piperazine rings is 1. The molecule has 0 aliphatic carbocycles. The van der Waals surface area contributed by atoms with E-state index in [4.69, 9.17) is 5.73 Å². The number of amides is 1. The molecule has 0 atom stereocenters. The van der Waals surface area contributed by atoms with Crippen molar-refractivity contribution in [2.75, 3.05) is 50.7 Å². The molecule has 1 aromatic carbocycles. The number of rotatable bonds is 6. The molecule has 0 aromatic heterocycles. The Kier molecular flexibility index (Phi) is 6.90. The topological polar surface area (TPSA) is 65.2 Å². The first-order valence-corrected chi connectivity index (χ1v) is 8.78. The van der Waals surface area contributed by atoms with Gasteiger partial charge >= 0.3 is 0 Å². The van der Waals surface area contributed by atoms with E-state index in [9.17, 15) is 4.79 Å². The number of benzene rings is 1. The van der Waals surface area contributed by atoms with Crippen LogP contribution in [0.25, 0.3) is 0 Å². The molecule has 1 aliphatic rings. The van der Waals surface area contributed by atoms with E-state index in [0.717, 1.165) is 39.3 Å². The lowest BCUT2D eigenvalue weighted by atomic mass is 10.2. The summed E-state index contributed by atoms with van der Waals surface area (Å²) >= 11 is 0. The number of anilines is 1. The zero-order valence-corrected chi connectivity index (χ0v) is 14.8. The zero-order valence-electron chi connectivity index (χ0n) is 14.8. The summed E-state index contributed by atoms with van der Waals surface area (Å²) in [6.45, 7) is 9.50. The number of para-hydroxylation sites is 1. The van der Waals surface area contributed by atoms with Crippen molar-refractivity contribution < 1.29 is 4.79 Å². The fourth-order valence-electron chi connectivity index (χ4n) is 2.92. The number of carbonyl (C=O) groups excluding carboxylic acids is 1. The lowest BCUT2D eigenvalue weighted by Gasteiger charge is -2.36. The van der Waals surface area contributed by atoms with Crippen LogP contribution >= 0.6 is 0 Å². The van der Waals surface area contributed by atoms with Crippen molar-refractivity contribution in [3.63, 3.8) is 0 Å². The molecule has 0 bridgehead atoms. The summed E-state index contributed by atoms with van der Waals surface area (Å²) in [6, 6.07) is 10.3. The number of nitrogens with zero attached hydrogens (tertiary/aromatic N) is 4. The van der Waals surface area contributed by atoms with Gasteiger partial charge in [0.2, 0.25) is 5.91 Å². The lowest BCUT2D eigenvalue weighted by Crippen LogP contribution is -2.49. The van der Waals surface area contributed by atoms with E-state index in [1.54, 1.807) is 0 Å². The molecule has 2 N–H and O–H groups in total. The van der Waals surface area contributed by atoms with Gasteiger partial charge in [0.05, 0.1) is 6.54 Å². The highest BCUT2D eigenvalue weighted by atomic mass is 16.2. The summed E-state index contributed by atoms with van der Waals surface area (Å²) in [4.78, 5) is 22.9. The van der Waals surface area contributed by atoms with Crippen LogP contribution in [-0.2, 0) is 4.79 Å². The molecule has 1 amide bonds. The van der Waals surface area contributed by atoms with Crippen LogP contribution in [0.15, 0.2) is 35.3 Å². The SMILES string of the molecule is CCN(CC)C(N)=NCCC(=O)N1CCN(c2ccccc2)CC1. The van der Waals surface area contributed by atoms with Crippen molar-refractivity contribution in [2.45, 2.75) is 20.3 Å². The van der Waals surface area contributed by atoms with Gasteiger partial charge in [-0.1, -0.05) is 18.2 Å². The molecule has 0 spiro atoms. The van der Waals surface area contributed by atoms with Crippen LogP contribution in [0.5, 0.6) is 0 Å². The Bertz CT molecular complexity index is 534.